The fourth-order valence-electron chi connectivity index (χ4n) is 6.52. The van der Waals surface area contributed by atoms with Crippen molar-refractivity contribution in [1.29, 1.82) is 0 Å². The molecule has 1 aliphatic heterocycles. The number of amides is 1. The SMILES string of the molecule is CC(C)(C)C1CCC(Nc2cc3cc(C(=O)N4CC5CC(C(=O)O)CC4C5)ccc3cn2)CC1. The molecule has 1 aromatic heterocycles. The number of aromatic nitrogens is 1. The van der Waals surface area contributed by atoms with Gasteiger partial charge in [0.15, 0.2) is 0 Å². The third kappa shape index (κ3) is 4.64. The number of carbonyl (C=O) groups is 2. The van der Waals surface area contributed by atoms with Crippen LogP contribution in [-0.2, 0) is 4.79 Å². The van der Waals surface area contributed by atoms with Crippen molar-refractivity contribution >= 4 is 28.5 Å². The maximum Gasteiger partial charge on any atom is 0.306 e. The molecule has 2 bridgehead atoms. The summed E-state index contributed by atoms with van der Waals surface area (Å²) in [6, 6.07) is 8.36. The molecule has 6 heteroatoms. The van der Waals surface area contributed by atoms with Gasteiger partial charge >= 0.3 is 5.97 Å². The number of carboxylic acid groups (broad SMARTS) is 1. The minimum Gasteiger partial charge on any atom is -0.481 e. The van der Waals surface area contributed by atoms with Gasteiger partial charge in [0.2, 0.25) is 0 Å². The first-order chi connectivity index (χ1) is 16.2. The van der Waals surface area contributed by atoms with Gasteiger partial charge in [0.25, 0.3) is 5.91 Å². The average molecular weight is 464 g/mol. The number of nitrogens with zero attached hydrogens (tertiary/aromatic N) is 2. The lowest BCUT2D eigenvalue weighted by Crippen LogP contribution is -2.37. The van der Waals surface area contributed by atoms with E-state index >= 15 is 0 Å². The Morgan fingerprint density at radius 1 is 1.03 bits per heavy atom. The van der Waals surface area contributed by atoms with E-state index in [0.29, 0.717) is 42.3 Å². The van der Waals surface area contributed by atoms with Crippen LogP contribution >= 0.6 is 0 Å². The fourth-order valence-corrected chi connectivity index (χ4v) is 6.52. The number of aliphatic carboxylic acids is 1. The second kappa shape index (κ2) is 8.86. The van der Waals surface area contributed by atoms with Gasteiger partial charge in [-0.1, -0.05) is 26.8 Å². The van der Waals surface area contributed by atoms with E-state index < -0.39 is 5.97 Å². The molecular weight excluding hydrogens is 426 g/mol. The summed E-state index contributed by atoms with van der Waals surface area (Å²) in [5, 5.41) is 15.1. The maximum atomic E-state index is 13.4. The van der Waals surface area contributed by atoms with Crippen LogP contribution < -0.4 is 5.32 Å². The van der Waals surface area contributed by atoms with Crippen LogP contribution in [0.15, 0.2) is 30.5 Å². The molecule has 3 aliphatic rings. The summed E-state index contributed by atoms with van der Waals surface area (Å²) in [5.74, 6) is 0.924. The summed E-state index contributed by atoms with van der Waals surface area (Å²) in [7, 11) is 0. The molecule has 2 saturated carbocycles. The summed E-state index contributed by atoms with van der Waals surface area (Å²) in [5.41, 5.74) is 1.05. The molecule has 6 nitrogen and oxygen atoms in total. The lowest BCUT2D eigenvalue weighted by molar-refractivity contribution is -0.143. The molecule has 1 aromatic carbocycles. The predicted molar refractivity (Wildman–Crippen MR) is 134 cm³/mol. The van der Waals surface area contributed by atoms with Gasteiger partial charge in [0.05, 0.1) is 5.92 Å². The van der Waals surface area contributed by atoms with Gasteiger partial charge in [-0.15, -0.1) is 0 Å². The van der Waals surface area contributed by atoms with Crippen LogP contribution in [0.5, 0.6) is 0 Å². The second-order valence-electron chi connectivity index (χ2n) is 11.9. The Morgan fingerprint density at radius 3 is 2.50 bits per heavy atom. The lowest BCUT2D eigenvalue weighted by Gasteiger charge is -2.37. The topological polar surface area (TPSA) is 82.5 Å². The van der Waals surface area contributed by atoms with E-state index in [1.165, 1.54) is 12.8 Å². The number of nitrogens with one attached hydrogen (secondary N) is 1. The normalized spacial score (nSPS) is 29.3. The Morgan fingerprint density at radius 2 is 1.79 bits per heavy atom. The van der Waals surface area contributed by atoms with Gasteiger partial charge < -0.3 is 15.3 Å². The van der Waals surface area contributed by atoms with Crippen molar-refractivity contribution < 1.29 is 14.7 Å². The van der Waals surface area contributed by atoms with Gasteiger partial charge in [0, 0.05) is 35.8 Å². The molecule has 1 saturated heterocycles. The van der Waals surface area contributed by atoms with Crippen LogP contribution in [0.3, 0.4) is 0 Å². The largest absolute Gasteiger partial charge is 0.481 e. The number of carboxylic acids is 1. The van der Waals surface area contributed by atoms with Crippen molar-refractivity contribution in [2.45, 2.75) is 77.8 Å². The number of pyridine rings is 1. The van der Waals surface area contributed by atoms with Crippen molar-refractivity contribution in [3.8, 4) is 0 Å². The summed E-state index contributed by atoms with van der Waals surface area (Å²) < 4.78 is 0. The highest BCUT2D eigenvalue weighted by atomic mass is 16.4. The van der Waals surface area contributed by atoms with E-state index in [1.54, 1.807) is 0 Å². The number of fused-ring (bicyclic) bond motifs is 3. The van der Waals surface area contributed by atoms with E-state index in [0.717, 1.165) is 41.8 Å². The molecule has 2 aromatic rings. The van der Waals surface area contributed by atoms with Gasteiger partial charge in [-0.3, -0.25) is 9.59 Å². The number of hydrogen-bond acceptors (Lipinski definition) is 4. The molecule has 2 heterocycles. The molecule has 3 unspecified atom stereocenters. The quantitative estimate of drug-likeness (QED) is 0.619. The second-order valence-corrected chi connectivity index (χ2v) is 11.9. The molecule has 2 N–H and O–H groups in total. The van der Waals surface area contributed by atoms with Crippen LogP contribution in [0.1, 0.15) is 76.1 Å². The molecule has 34 heavy (non-hydrogen) atoms. The Labute approximate surface area is 202 Å². The molecule has 3 atom stereocenters. The molecular formula is C28H37N3O3. The van der Waals surface area contributed by atoms with Gasteiger partial charge in [-0.25, -0.2) is 4.98 Å². The Kier molecular flexibility index (Phi) is 6.03. The zero-order valence-corrected chi connectivity index (χ0v) is 20.6. The van der Waals surface area contributed by atoms with Crippen LogP contribution in [-0.4, -0.2) is 45.5 Å². The smallest absolute Gasteiger partial charge is 0.306 e. The molecule has 1 amide bonds. The summed E-state index contributed by atoms with van der Waals surface area (Å²) in [6.07, 6.45) is 8.88. The van der Waals surface area contributed by atoms with Crippen LogP contribution in [0.2, 0.25) is 0 Å². The molecule has 182 valence electrons. The van der Waals surface area contributed by atoms with Crippen LogP contribution in [0.25, 0.3) is 10.8 Å². The lowest BCUT2D eigenvalue weighted by atomic mass is 9.71. The first-order valence-electron chi connectivity index (χ1n) is 12.9. The van der Waals surface area contributed by atoms with Crippen molar-refractivity contribution in [1.82, 2.24) is 9.88 Å². The van der Waals surface area contributed by atoms with Crippen LogP contribution in [0, 0.1) is 23.2 Å². The molecule has 3 fully saturated rings. The van der Waals surface area contributed by atoms with Crippen molar-refractivity contribution in [3.63, 3.8) is 0 Å². The zero-order valence-electron chi connectivity index (χ0n) is 20.6. The third-order valence-electron chi connectivity index (χ3n) is 8.56. The minimum atomic E-state index is -0.728. The first kappa shape index (κ1) is 23.1. The van der Waals surface area contributed by atoms with Gasteiger partial charge in [0.1, 0.15) is 5.82 Å². The van der Waals surface area contributed by atoms with E-state index in [-0.39, 0.29) is 17.9 Å². The monoisotopic (exact) mass is 463 g/mol. The van der Waals surface area contributed by atoms with Crippen molar-refractivity contribution in [3.05, 3.63) is 36.0 Å². The van der Waals surface area contributed by atoms with Crippen LogP contribution in [0.4, 0.5) is 5.82 Å². The highest BCUT2D eigenvalue weighted by molar-refractivity contribution is 5.99. The Hall–Kier alpha value is -2.63. The number of likely N-dealkylation sites (tertiary alicyclic amines) is 1. The van der Waals surface area contributed by atoms with E-state index in [1.807, 2.05) is 29.3 Å². The number of rotatable bonds is 4. The fraction of sp³-hybridized carbons (Fsp3) is 0.607. The van der Waals surface area contributed by atoms with Gasteiger partial charge in [-0.2, -0.15) is 0 Å². The average Bonchev–Trinajstić information content (AvgIpc) is 3.11. The number of anilines is 1. The van der Waals surface area contributed by atoms with Crippen molar-refractivity contribution in [2.24, 2.45) is 23.2 Å². The number of carbonyl (C=O) groups excluding carboxylic acids is 1. The molecule has 5 rings (SSSR count). The minimum absolute atomic E-state index is 0.0206. The van der Waals surface area contributed by atoms with Gasteiger partial charge in [-0.05, 0) is 85.8 Å². The predicted octanol–water partition coefficient (Wildman–Crippen LogP) is 5.58. The summed E-state index contributed by atoms with van der Waals surface area (Å²) >= 11 is 0. The number of hydrogen-bond donors (Lipinski definition) is 2. The first-order valence-corrected chi connectivity index (χ1v) is 12.9. The molecule has 0 radical (unpaired) electrons. The Bertz CT molecular complexity index is 1080. The summed E-state index contributed by atoms with van der Waals surface area (Å²) in [4.78, 5) is 31.4. The Balaban J connectivity index is 1.28. The van der Waals surface area contributed by atoms with E-state index in [2.05, 4.69) is 37.1 Å². The van der Waals surface area contributed by atoms with E-state index in [4.69, 9.17) is 0 Å². The van der Waals surface area contributed by atoms with E-state index in [9.17, 15) is 14.7 Å². The number of benzene rings is 1. The highest BCUT2D eigenvalue weighted by Crippen LogP contribution is 2.40. The zero-order chi connectivity index (χ0) is 24.0. The maximum absolute atomic E-state index is 13.4. The highest BCUT2D eigenvalue weighted by Gasteiger charge is 2.43. The standard InChI is InChI=1S/C28H37N3O3/c1-28(2,3)22-6-8-23(9-7-22)30-25-14-20-12-18(4-5-19(20)15-29-25)26(32)31-16-17-10-21(27(33)34)13-24(31)11-17/h4-5,12,14-15,17,21-24H,6-11,13,16H2,1-3H3,(H,29,30)(H,33,34). The van der Waals surface area contributed by atoms with Crippen molar-refractivity contribution in [2.75, 3.05) is 11.9 Å². The third-order valence-corrected chi connectivity index (χ3v) is 8.56. The molecule has 0 spiro atoms. The summed E-state index contributed by atoms with van der Waals surface area (Å²) in [6.45, 7) is 7.70. The molecule has 2 aliphatic carbocycles.